The smallest absolute Gasteiger partial charge is 0.229 e. The molecular weight excluding hydrogens is 446 g/mol. The number of hydrogen-bond donors (Lipinski definition) is 0. The summed E-state index contributed by atoms with van der Waals surface area (Å²) in [5.41, 5.74) is 1.43. The second-order valence-electron chi connectivity index (χ2n) is 7.60. The topological polar surface area (TPSA) is 39.7 Å². The maximum Gasteiger partial charge on any atom is 0.229 e. The van der Waals surface area contributed by atoms with E-state index in [-0.39, 0.29) is 17.6 Å². The fourth-order valence-electron chi connectivity index (χ4n) is 3.95. The number of piperazine rings is 1. The van der Waals surface area contributed by atoms with Gasteiger partial charge in [0, 0.05) is 45.0 Å². The van der Waals surface area contributed by atoms with Crippen LogP contribution in [0.5, 0.6) is 0 Å². The Kier molecular flexibility index (Phi) is 5.21. The number of benzene rings is 2. The van der Waals surface area contributed by atoms with Crippen molar-refractivity contribution in [3.8, 4) is 0 Å². The van der Waals surface area contributed by atoms with E-state index in [9.17, 15) is 9.18 Å². The van der Waals surface area contributed by atoms with Crippen LogP contribution in [0.4, 0.5) is 15.2 Å². The van der Waals surface area contributed by atoms with E-state index >= 15 is 0 Å². The Balaban J connectivity index is 1.17. The third-order valence-corrected chi connectivity index (χ3v) is 7.54. The third-order valence-electron chi connectivity index (χ3n) is 5.72. The summed E-state index contributed by atoms with van der Waals surface area (Å²) in [6.07, 6.45) is 0. The van der Waals surface area contributed by atoms with Crippen LogP contribution in [-0.2, 0) is 4.79 Å². The molecule has 2 aliphatic heterocycles. The molecule has 30 heavy (non-hydrogen) atoms. The van der Waals surface area contributed by atoms with E-state index < -0.39 is 0 Å². The van der Waals surface area contributed by atoms with E-state index in [1.165, 1.54) is 17.4 Å². The summed E-state index contributed by atoms with van der Waals surface area (Å²) >= 11 is 13.6. The van der Waals surface area contributed by atoms with Crippen molar-refractivity contribution >= 4 is 61.5 Å². The van der Waals surface area contributed by atoms with E-state index in [1.54, 1.807) is 12.1 Å². The summed E-state index contributed by atoms with van der Waals surface area (Å²) in [4.78, 5) is 23.5. The second-order valence-corrected chi connectivity index (χ2v) is 9.42. The van der Waals surface area contributed by atoms with Crippen molar-refractivity contribution in [1.82, 2.24) is 9.88 Å². The lowest BCUT2D eigenvalue weighted by Gasteiger charge is -2.43. The molecule has 156 valence electrons. The third kappa shape index (κ3) is 3.59. The Labute approximate surface area is 187 Å². The van der Waals surface area contributed by atoms with Gasteiger partial charge in [-0.15, -0.1) is 0 Å². The first-order chi connectivity index (χ1) is 14.5. The molecular formula is C21H19Cl2FN4OS. The van der Waals surface area contributed by atoms with Crippen LogP contribution in [0, 0.1) is 11.7 Å². The Hall–Kier alpha value is -2.09. The number of hydrogen-bond acceptors (Lipinski definition) is 5. The molecule has 2 saturated heterocycles. The first-order valence-corrected chi connectivity index (χ1v) is 11.4. The molecule has 5 rings (SSSR count). The van der Waals surface area contributed by atoms with Crippen molar-refractivity contribution in [2.75, 3.05) is 49.1 Å². The van der Waals surface area contributed by atoms with Crippen LogP contribution in [0.1, 0.15) is 0 Å². The fourth-order valence-corrected chi connectivity index (χ4v) is 5.24. The molecule has 0 bridgehead atoms. The second kappa shape index (κ2) is 7.87. The van der Waals surface area contributed by atoms with Gasteiger partial charge in [0.05, 0.1) is 20.7 Å². The van der Waals surface area contributed by atoms with Crippen molar-refractivity contribution < 1.29 is 9.18 Å². The Morgan fingerprint density at radius 3 is 2.50 bits per heavy atom. The maximum atomic E-state index is 13.9. The minimum absolute atomic E-state index is 0.0293. The summed E-state index contributed by atoms with van der Waals surface area (Å²) in [7, 11) is 0. The van der Waals surface area contributed by atoms with E-state index in [0.29, 0.717) is 41.7 Å². The van der Waals surface area contributed by atoms with Gasteiger partial charge in [-0.1, -0.05) is 40.6 Å². The summed E-state index contributed by atoms with van der Waals surface area (Å²) in [5, 5.41) is 1.86. The van der Waals surface area contributed by atoms with Gasteiger partial charge in [-0.05, 0) is 30.3 Å². The minimum Gasteiger partial charge on any atom is -0.368 e. The molecule has 9 heteroatoms. The summed E-state index contributed by atoms with van der Waals surface area (Å²) in [6, 6.07) is 10.6. The number of para-hydroxylation sites is 1. The average molecular weight is 465 g/mol. The van der Waals surface area contributed by atoms with Gasteiger partial charge < -0.3 is 14.7 Å². The first kappa shape index (κ1) is 19.8. The number of carbonyl (C=O) groups excluding carboxylic acids is 1. The SMILES string of the molecule is O=C(C1CN(c2nc3c(F)cccc3s2)C1)N1CCN(c2ccc(Cl)c(Cl)c2)CC1. The quantitative estimate of drug-likeness (QED) is 0.570. The highest BCUT2D eigenvalue weighted by Crippen LogP contribution is 2.34. The number of amides is 1. The van der Waals surface area contributed by atoms with E-state index in [2.05, 4.69) is 14.8 Å². The van der Waals surface area contributed by atoms with Crippen molar-refractivity contribution in [2.45, 2.75) is 0 Å². The largest absolute Gasteiger partial charge is 0.368 e. The monoisotopic (exact) mass is 464 g/mol. The zero-order chi connectivity index (χ0) is 20.8. The van der Waals surface area contributed by atoms with Crippen LogP contribution in [0.25, 0.3) is 10.2 Å². The van der Waals surface area contributed by atoms with Gasteiger partial charge in [0.1, 0.15) is 11.3 Å². The van der Waals surface area contributed by atoms with E-state index in [0.717, 1.165) is 28.6 Å². The number of fused-ring (bicyclic) bond motifs is 1. The van der Waals surface area contributed by atoms with Crippen LogP contribution in [0.15, 0.2) is 36.4 Å². The van der Waals surface area contributed by atoms with Gasteiger partial charge in [-0.2, -0.15) is 0 Å². The zero-order valence-electron chi connectivity index (χ0n) is 16.0. The lowest BCUT2D eigenvalue weighted by atomic mass is 9.99. The normalized spacial score (nSPS) is 17.5. The van der Waals surface area contributed by atoms with Gasteiger partial charge in [0.25, 0.3) is 0 Å². The number of anilines is 2. The average Bonchev–Trinajstić information content (AvgIpc) is 3.14. The molecule has 0 aliphatic carbocycles. The van der Waals surface area contributed by atoms with Crippen molar-refractivity contribution in [3.05, 3.63) is 52.3 Å². The van der Waals surface area contributed by atoms with Crippen LogP contribution >= 0.6 is 34.5 Å². The fraction of sp³-hybridized carbons (Fsp3) is 0.333. The molecule has 1 amide bonds. The number of rotatable bonds is 3. The highest BCUT2D eigenvalue weighted by molar-refractivity contribution is 7.22. The molecule has 0 saturated carbocycles. The first-order valence-electron chi connectivity index (χ1n) is 9.78. The van der Waals surface area contributed by atoms with Crippen LogP contribution in [-0.4, -0.2) is 55.1 Å². The van der Waals surface area contributed by atoms with Crippen molar-refractivity contribution in [3.63, 3.8) is 0 Å². The van der Waals surface area contributed by atoms with Crippen LogP contribution in [0.2, 0.25) is 10.0 Å². The molecule has 2 aliphatic rings. The highest BCUT2D eigenvalue weighted by Gasteiger charge is 2.37. The minimum atomic E-state index is -0.303. The maximum absolute atomic E-state index is 13.9. The lowest BCUT2D eigenvalue weighted by Crippen LogP contribution is -2.58. The number of carbonyl (C=O) groups is 1. The van der Waals surface area contributed by atoms with Gasteiger partial charge in [0.2, 0.25) is 5.91 Å². The molecule has 0 atom stereocenters. The summed E-state index contributed by atoms with van der Waals surface area (Å²) < 4.78 is 14.7. The molecule has 1 aromatic heterocycles. The van der Waals surface area contributed by atoms with Crippen molar-refractivity contribution in [2.24, 2.45) is 5.92 Å². The van der Waals surface area contributed by atoms with Gasteiger partial charge in [-0.3, -0.25) is 4.79 Å². The van der Waals surface area contributed by atoms with Crippen LogP contribution in [0.3, 0.4) is 0 Å². The molecule has 3 aromatic rings. The van der Waals surface area contributed by atoms with Crippen molar-refractivity contribution in [1.29, 1.82) is 0 Å². The standard InChI is InChI=1S/C21H19Cl2FN4OS/c22-15-5-4-14(10-16(15)23)26-6-8-27(9-7-26)20(29)13-11-28(12-13)21-25-19-17(24)2-1-3-18(19)30-21/h1-5,10,13H,6-9,11-12H2. The Morgan fingerprint density at radius 1 is 1.03 bits per heavy atom. The van der Waals surface area contributed by atoms with E-state index in [1.807, 2.05) is 23.1 Å². The van der Waals surface area contributed by atoms with Gasteiger partial charge in [-0.25, -0.2) is 9.37 Å². The molecule has 0 N–H and O–H groups in total. The Morgan fingerprint density at radius 2 is 1.80 bits per heavy atom. The molecule has 2 fully saturated rings. The number of thiazole rings is 1. The molecule has 3 heterocycles. The molecule has 0 unspecified atom stereocenters. The molecule has 0 spiro atoms. The summed E-state index contributed by atoms with van der Waals surface area (Å²) in [5.74, 6) is -0.145. The van der Waals surface area contributed by atoms with Gasteiger partial charge in [0.15, 0.2) is 5.13 Å². The van der Waals surface area contributed by atoms with E-state index in [4.69, 9.17) is 23.2 Å². The van der Waals surface area contributed by atoms with Gasteiger partial charge >= 0.3 is 0 Å². The molecule has 0 radical (unpaired) electrons. The van der Waals surface area contributed by atoms with Crippen LogP contribution < -0.4 is 9.80 Å². The number of nitrogens with zero attached hydrogens (tertiary/aromatic N) is 4. The predicted molar refractivity (Wildman–Crippen MR) is 121 cm³/mol. The molecule has 2 aromatic carbocycles. The summed E-state index contributed by atoms with van der Waals surface area (Å²) in [6.45, 7) is 4.15. The number of halogens is 3. The molecule has 5 nitrogen and oxygen atoms in total. The predicted octanol–water partition coefficient (Wildman–Crippen LogP) is 4.53. The lowest BCUT2D eigenvalue weighted by molar-refractivity contribution is -0.136. The Bertz CT molecular complexity index is 1110. The number of aromatic nitrogens is 1. The zero-order valence-corrected chi connectivity index (χ0v) is 18.4. The highest BCUT2D eigenvalue weighted by atomic mass is 35.5.